The molecule has 1 aliphatic heterocycles. The highest BCUT2D eigenvalue weighted by molar-refractivity contribution is 7.88. The number of piperidine rings is 1. The van der Waals surface area contributed by atoms with E-state index >= 15 is 0 Å². The van der Waals surface area contributed by atoms with E-state index in [1.807, 2.05) is 11.5 Å². The van der Waals surface area contributed by atoms with Crippen molar-refractivity contribution in [3.05, 3.63) is 53.6 Å². The minimum atomic E-state index is -3.44. The zero-order chi connectivity index (χ0) is 21.2. The van der Waals surface area contributed by atoms with Gasteiger partial charge in [0.05, 0.1) is 11.8 Å². The summed E-state index contributed by atoms with van der Waals surface area (Å²) in [5.74, 6) is -1.35. The molecule has 0 aliphatic carbocycles. The van der Waals surface area contributed by atoms with Crippen molar-refractivity contribution in [1.82, 2.24) is 18.8 Å². The zero-order valence-electron chi connectivity index (χ0n) is 16.4. The highest BCUT2D eigenvalue weighted by Gasteiger charge is 2.32. The van der Waals surface area contributed by atoms with Crippen LogP contribution in [0.25, 0.3) is 0 Å². The minimum absolute atomic E-state index is 0.180. The number of carbonyl (C=O) groups excluding carboxylic acids is 1. The van der Waals surface area contributed by atoms with Gasteiger partial charge in [-0.15, -0.1) is 0 Å². The van der Waals surface area contributed by atoms with Gasteiger partial charge in [-0.25, -0.2) is 22.2 Å². The summed E-state index contributed by atoms with van der Waals surface area (Å²) in [6.07, 6.45) is 5.54. The van der Waals surface area contributed by atoms with E-state index in [0.29, 0.717) is 45.1 Å². The second-order valence-corrected chi connectivity index (χ2v) is 9.12. The van der Waals surface area contributed by atoms with Crippen molar-refractivity contribution in [3.63, 3.8) is 0 Å². The van der Waals surface area contributed by atoms with Gasteiger partial charge in [0.1, 0.15) is 17.5 Å². The fourth-order valence-electron chi connectivity index (χ4n) is 3.66. The Kier molecular flexibility index (Phi) is 6.33. The normalized spacial score (nSPS) is 15.8. The first-order valence-electron chi connectivity index (χ1n) is 9.35. The van der Waals surface area contributed by atoms with Gasteiger partial charge < -0.3 is 9.47 Å². The minimum Gasteiger partial charge on any atom is -0.338 e. The summed E-state index contributed by atoms with van der Waals surface area (Å²) >= 11 is 0. The van der Waals surface area contributed by atoms with Crippen molar-refractivity contribution in [1.29, 1.82) is 0 Å². The molecular weight excluding hydrogens is 402 g/mol. The summed E-state index contributed by atoms with van der Waals surface area (Å²) in [5, 5.41) is 0. The van der Waals surface area contributed by atoms with Crippen LogP contribution in [0, 0.1) is 18.6 Å². The number of hydrogen-bond acceptors (Lipinski definition) is 4. The smallest absolute Gasteiger partial charge is 0.256 e. The van der Waals surface area contributed by atoms with Crippen LogP contribution in [0.15, 0.2) is 30.6 Å². The number of imidazole rings is 1. The number of aromatic nitrogens is 2. The Morgan fingerprint density at radius 1 is 1.28 bits per heavy atom. The second-order valence-electron chi connectivity index (χ2n) is 7.19. The molecule has 0 atom stereocenters. The first-order chi connectivity index (χ1) is 13.7. The molecule has 0 saturated carbocycles. The van der Waals surface area contributed by atoms with Crippen molar-refractivity contribution < 1.29 is 22.0 Å². The first-order valence-corrected chi connectivity index (χ1v) is 11.2. The monoisotopic (exact) mass is 426 g/mol. The highest BCUT2D eigenvalue weighted by atomic mass is 32.2. The predicted octanol–water partition coefficient (Wildman–Crippen LogP) is 2.04. The maximum atomic E-state index is 13.9. The summed E-state index contributed by atoms with van der Waals surface area (Å²) < 4.78 is 55.0. The maximum Gasteiger partial charge on any atom is 0.256 e. The molecular formula is C19H24F2N4O3S. The number of amides is 1. The molecule has 3 rings (SSSR count). The SMILES string of the molecule is Cc1nccn1CCN(C1CCN(C(=O)c2ccc(F)cc2F)CC1)S(C)(=O)=O. The van der Waals surface area contributed by atoms with Gasteiger partial charge in [-0.1, -0.05) is 0 Å². The Hall–Kier alpha value is -2.33. The van der Waals surface area contributed by atoms with Gasteiger partial charge in [-0.3, -0.25) is 4.79 Å². The summed E-state index contributed by atoms with van der Waals surface area (Å²) in [7, 11) is -3.44. The third-order valence-electron chi connectivity index (χ3n) is 5.23. The summed E-state index contributed by atoms with van der Waals surface area (Å²) in [5.41, 5.74) is -0.180. The number of benzene rings is 1. The average Bonchev–Trinajstić information content (AvgIpc) is 3.06. The van der Waals surface area contributed by atoms with Crippen LogP contribution in [0.3, 0.4) is 0 Å². The predicted molar refractivity (Wildman–Crippen MR) is 104 cm³/mol. The van der Waals surface area contributed by atoms with E-state index in [4.69, 9.17) is 0 Å². The number of halogens is 2. The Balaban J connectivity index is 1.65. The number of rotatable bonds is 6. The van der Waals surface area contributed by atoms with Gasteiger partial charge in [-0.2, -0.15) is 4.31 Å². The van der Waals surface area contributed by atoms with Crippen molar-refractivity contribution in [2.75, 3.05) is 25.9 Å². The Morgan fingerprint density at radius 2 is 1.97 bits per heavy atom. The lowest BCUT2D eigenvalue weighted by Crippen LogP contribution is -2.49. The van der Waals surface area contributed by atoms with Crippen LogP contribution >= 0.6 is 0 Å². The molecule has 7 nitrogen and oxygen atoms in total. The standard InChI is InChI=1S/C19H24F2N4O3S/c1-14-22-7-10-23(14)11-12-25(29(2,27)28)16-5-8-24(9-6-16)19(26)17-4-3-15(20)13-18(17)21/h3-4,7,10,13,16H,5-6,8-9,11-12H2,1-2H3. The van der Waals surface area contributed by atoms with E-state index < -0.39 is 27.6 Å². The topological polar surface area (TPSA) is 75.5 Å². The van der Waals surface area contributed by atoms with Crippen LogP contribution in [0.4, 0.5) is 8.78 Å². The van der Waals surface area contributed by atoms with Gasteiger partial charge in [0.2, 0.25) is 10.0 Å². The van der Waals surface area contributed by atoms with E-state index in [-0.39, 0.29) is 11.6 Å². The van der Waals surface area contributed by atoms with E-state index in [1.54, 1.807) is 12.4 Å². The van der Waals surface area contributed by atoms with E-state index in [9.17, 15) is 22.0 Å². The molecule has 10 heteroatoms. The third-order valence-corrected chi connectivity index (χ3v) is 6.56. The molecule has 1 aromatic heterocycles. The van der Waals surface area contributed by atoms with Crippen molar-refractivity contribution in [2.45, 2.75) is 32.4 Å². The molecule has 0 unspecified atom stereocenters. The molecule has 1 aliphatic rings. The van der Waals surface area contributed by atoms with Gasteiger partial charge in [0, 0.05) is 50.7 Å². The molecule has 1 aromatic carbocycles. The number of likely N-dealkylation sites (tertiary alicyclic amines) is 1. The lowest BCUT2D eigenvalue weighted by molar-refractivity contribution is 0.0673. The number of aryl methyl sites for hydroxylation is 1. The molecule has 1 fully saturated rings. The Morgan fingerprint density at radius 3 is 2.52 bits per heavy atom. The highest BCUT2D eigenvalue weighted by Crippen LogP contribution is 2.22. The fraction of sp³-hybridized carbons (Fsp3) is 0.474. The Bertz CT molecular complexity index is 985. The van der Waals surface area contributed by atoms with Crippen LogP contribution in [-0.4, -0.2) is 65.0 Å². The lowest BCUT2D eigenvalue weighted by Gasteiger charge is -2.37. The number of hydrogen-bond donors (Lipinski definition) is 0. The quantitative estimate of drug-likeness (QED) is 0.709. The first kappa shape index (κ1) is 21.4. The summed E-state index contributed by atoms with van der Waals surface area (Å²) in [4.78, 5) is 18.2. The maximum absolute atomic E-state index is 13.9. The van der Waals surface area contributed by atoms with Crippen molar-refractivity contribution in [2.24, 2.45) is 0 Å². The molecule has 0 radical (unpaired) electrons. The molecule has 29 heavy (non-hydrogen) atoms. The van der Waals surface area contributed by atoms with Crippen LogP contribution in [-0.2, 0) is 16.6 Å². The van der Waals surface area contributed by atoms with E-state index in [2.05, 4.69) is 4.98 Å². The van der Waals surface area contributed by atoms with Crippen LogP contribution in [0.2, 0.25) is 0 Å². The number of carbonyl (C=O) groups is 1. The molecule has 1 saturated heterocycles. The summed E-state index contributed by atoms with van der Waals surface area (Å²) in [6.45, 7) is 3.25. The zero-order valence-corrected chi connectivity index (χ0v) is 17.2. The number of nitrogens with zero attached hydrogens (tertiary/aromatic N) is 4. The molecule has 158 valence electrons. The van der Waals surface area contributed by atoms with E-state index in [0.717, 1.165) is 18.0 Å². The molecule has 0 N–H and O–H groups in total. The van der Waals surface area contributed by atoms with Crippen LogP contribution in [0.1, 0.15) is 29.0 Å². The van der Waals surface area contributed by atoms with Gasteiger partial charge in [0.15, 0.2) is 0 Å². The lowest BCUT2D eigenvalue weighted by atomic mass is 10.0. The van der Waals surface area contributed by atoms with Crippen molar-refractivity contribution in [3.8, 4) is 0 Å². The van der Waals surface area contributed by atoms with Crippen molar-refractivity contribution >= 4 is 15.9 Å². The van der Waals surface area contributed by atoms with Gasteiger partial charge in [-0.05, 0) is 31.9 Å². The average molecular weight is 426 g/mol. The van der Waals surface area contributed by atoms with E-state index in [1.165, 1.54) is 15.5 Å². The summed E-state index contributed by atoms with van der Waals surface area (Å²) in [6, 6.07) is 2.63. The second kappa shape index (κ2) is 8.58. The molecule has 2 heterocycles. The number of sulfonamides is 1. The molecule has 2 aromatic rings. The molecule has 1 amide bonds. The fourth-order valence-corrected chi connectivity index (χ4v) is 4.82. The molecule has 0 bridgehead atoms. The largest absolute Gasteiger partial charge is 0.338 e. The third kappa shape index (κ3) is 4.99. The van der Waals surface area contributed by atoms with Crippen LogP contribution < -0.4 is 0 Å². The Labute approximate surface area is 169 Å². The van der Waals surface area contributed by atoms with Gasteiger partial charge >= 0.3 is 0 Å². The van der Waals surface area contributed by atoms with Gasteiger partial charge in [0.25, 0.3) is 5.91 Å². The molecule has 0 spiro atoms. The van der Waals surface area contributed by atoms with Crippen LogP contribution in [0.5, 0.6) is 0 Å².